The molecule has 2 amide bonds. The molecular formula is C11H18N2O2. The lowest BCUT2D eigenvalue weighted by atomic mass is 10.1. The number of carbonyl (C=O) groups excluding carboxylic acids is 2. The first-order chi connectivity index (χ1) is 7.07. The van der Waals surface area contributed by atoms with Crippen molar-refractivity contribution in [3.63, 3.8) is 0 Å². The van der Waals surface area contributed by atoms with E-state index >= 15 is 0 Å². The predicted molar refractivity (Wildman–Crippen MR) is 56.2 cm³/mol. The van der Waals surface area contributed by atoms with Crippen molar-refractivity contribution in [3.05, 3.63) is 0 Å². The van der Waals surface area contributed by atoms with Crippen molar-refractivity contribution < 1.29 is 9.59 Å². The summed E-state index contributed by atoms with van der Waals surface area (Å²) < 4.78 is 0. The number of nitrogens with one attached hydrogen (secondary N) is 1. The maximum absolute atomic E-state index is 12.1. The molecule has 0 aromatic heterocycles. The highest BCUT2D eigenvalue weighted by atomic mass is 16.2. The lowest BCUT2D eigenvalue weighted by molar-refractivity contribution is -0.147. The molecular weight excluding hydrogens is 192 g/mol. The van der Waals surface area contributed by atoms with Crippen LogP contribution in [0.4, 0.5) is 0 Å². The third kappa shape index (κ3) is 1.85. The molecule has 84 valence electrons. The van der Waals surface area contributed by atoms with Crippen LogP contribution in [-0.2, 0) is 9.59 Å². The molecule has 4 nitrogen and oxygen atoms in total. The summed E-state index contributed by atoms with van der Waals surface area (Å²) in [5, 5.41) is 2.77. The van der Waals surface area contributed by atoms with Crippen molar-refractivity contribution >= 4 is 11.8 Å². The Morgan fingerprint density at radius 1 is 1.47 bits per heavy atom. The van der Waals surface area contributed by atoms with Crippen LogP contribution in [0.15, 0.2) is 0 Å². The Labute approximate surface area is 90.0 Å². The molecule has 2 rings (SSSR count). The van der Waals surface area contributed by atoms with Crippen LogP contribution in [0, 0.1) is 0 Å². The summed E-state index contributed by atoms with van der Waals surface area (Å²) in [6, 6.07) is -0.284. The van der Waals surface area contributed by atoms with Crippen LogP contribution in [0.3, 0.4) is 0 Å². The van der Waals surface area contributed by atoms with Gasteiger partial charge in [0.15, 0.2) is 0 Å². The summed E-state index contributed by atoms with van der Waals surface area (Å²) in [6.07, 6.45) is 3.73. The minimum absolute atomic E-state index is 0.0128. The molecule has 15 heavy (non-hydrogen) atoms. The zero-order valence-electron chi connectivity index (χ0n) is 9.38. The molecule has 1 heterocycles. The Bertz CT molecular complexity index is 297. The number of amides is 2. The molecule has 1 aliphatic heterocycles. The molecule has 0 bridgehead atoms. The Balaban J connectivity index is 2.11. The monoisotopic (exact) mass is 210 g/mol. The van der Waals surface area contributed by atoms with Crippen molar-refractivity contribution in [3.8, 4) is 0 Å². The summed E-state index contributed by atoms with van der Waals surface area (Å²) in [5.41, 5.74) is -0.0269. The van der Waals surface area contributed by atoms with Gasteiger partial charge in [0.1, 0.15) is 12.6 Å². The average molecular weight is 210 g/mol. The van der Waals surface area contributed by atoms with Gasteiger partial charge in [-0.3, -0.25) is 9.59 Å². The van der Waals surface area contributed by atoms with Crippen molar-refractivity contribution in [2.75, 3.05) is 6.54 Å². The minimum atomic E-state index is -0.284. The van der Waals surface area contributed by atoms with Gasteiger partial charge < -0.3 is 10.2 Å². The average Bonchev–Trinajstić information content (AvgIpc) is 2.91. The SMILES string of the molecule is CCCC1NC(=O)CN(C2(C)CC2)C1=O. The summed E-state index contributed by atoms with van der Waals surface area (Å²) in [5.74, 6) is 0.0950. The van der Waals surface area contributed by atoms with Crippen LogP contribution in [-0.4, -0.2) is 34.8 Å². The number of hydrogen-bond donors (Lipinski definition) is 1. The van der Waals surface area contributed by atoms with Crippen LogP contribution < -0.4 is 5.32 Å². The molecule has 1 unspecified atom stereocenters. The van der Waals surface area contributed by atoms with E-state index in [4.69, 9.17) is 0 Å². The normalized spacial score (nSPS) is 28.9. The molecule has 4 heteroatoms. The zero-order valence-corrected chi connectivity index (χ0v) is 9.38. The summed E-state index contributed by atoms with van der Waals surface area (Å²) in [6.45, 7) is 4.33. The molecule has 1 saturated heterocycles. The van der Waals surface area contributed by atoms with Gasteiger partial charge in [-0.15, -0.1) is 0 Å². The standard InChI is InChI=1S/C11H18N2O2/c1-3-4-8-10(15)13(7-9(14)12-8)11(2)5-6-11/h8H,3-7H2,1-2H3,(H,12,14). The Morgan fingerprint density at radius 3 is 2.67 bits per heavy atom. The second-order valence-corrected chi connectivity index (χ2v) is 4.83. The van der Waals surface area contributed by atoms with Crippen LogP contribution in [0.1, 0.15) is 39.5 Å². The number of piperazine rings is 1. The van der Waals surface area contributed by atoms with Gasteiger partial charge in [-0.05, 0) is 26.2 Å². The second-order valence-electron chi connectivity index (χ2n) is 4.83. The van der Waals surface area contributed by atoms with Gasteiger partial charge in [-0.25, -0.2) is 0 Å². The molecule has 1 aliphatic carbocycles. The number of nitrogens with zero attached hydrogens (tertiary/aromatic N) is 1. The minimum Gasteiger partial charge on any atom is -0.343 e. The van der Waals surface area contributed by atoms with E-state index in [1.807, 2.05) is 6.92 Å². The van der Waals surface area contributed by atoms with E-state index in [-0.39, 0.29) is 29.9 Å². The first-order valence-electron chi connectivity index (χ1n) is 5.68. The predicted octanol–water partition coefficient (Wildman–Crippen LogP) is 0.666. The lowest BCUT2D eigenvalue weighted by Crippen LogP contribution is -2.60. The van der Waals surface area contributed by atoms with Crippen LogP contribution in [0.2, 0.25) is 0 Å². The highest BCUT2D eigenvalue weighted by molar-refractivity contribution is 5.95. The van der Waals surface area contributed by atoms with Gasteiger partial charge in [0.25, 0.3) is 0 Å². The van der Waals surface area contributed by atoms with E-state index in [1.54, 1.807) is 4.90 Å². The van der Waals surface area contributed by atoms with Gasteiger partial charge in [-0.2, -0.15) is 0 Å². The van der Waals surface area contributed by atoms with Crippen molar-refractivity contribution in [1.82, 2.24) is 10.2 Å². The quantitative estimate of drug-likeness (QED) is 0.744. The maximum atomic E-state index is 12.1. The van der Waals surface area contributed by atoms with E-state index in [9.17, 15) is 9.59 Å². The Morgan fingerprint density at radius 2 is 2.13 bits per heavy atom. The fraction of sp³-hybridized carbons (Fsp3) is 0.818. The van der Waals surface area contributed by atoms with Crippen molar-refractivity contribution in [2.24, 2.45) is 0 Å². The van der Waals surface area contributed by atoms with Gasteiger partial charge in [0, 0.05) is 5.54 Å². The van der Waals surface area contributed by atoms with E-state index in [0.29, 0.717) is 0 Å². The third-order valence-electron chi connectivity index (χ3n) is 3.40. The first kappa shape index (κ1) is 10.5. The largest absolute Gasteiger partial charge is 0.343 e. The summed E-state index contributed by atoms with van der Waals surface area (Å²) in [7, 11) is 0. The number of carbonyl (C=O) groups is 2. The second kappa shape index (κ2) is 3.51. The van der Waals surface area contributed by atoms with Crippen LogP contribution >= 0.6 is 0 Å². The summed E-state index contributed by atoms with van der Waals surface area (Å²) in [4.78, 5) is 25.3. The molecule has 0 radical (unpaired) electrons. The molecule has 0 spiro atoms. The molecule has 0 aromatic carbocycles. The van der Waals surface area contributed by atoms with E-state index in [0.717, 1.165) is 25.7 Å². The fourth-order valence-corrected chi connectivity index (χ4v) is 2.10. The number of rotatable bonds is 3. The highest BCUT2D eigenvalue weighted by Crippen LogP contribution is 2.41. The molecule has 2 fully saturated rings. The van der Waals surface area contributed by atoms with Gasteiger partial charge in [0.2, 0.25) is 11.8 Å². The van der Waals surface area contributed by atoms with E-state index in [2.05, 4.69) is 12.2 Å². The van der Waals surface area contributed by atoms with Gasteiger partial charge in [-0.1, -0.05) is 13.3 Å². The van der Waals surface area contributed by atoms with Crippen LogP contribution in [0.5, 0.6) is 0 Å². The van der Waals surface area contributed by atoms with Crippen molar-refractivity contribution in [2.45, 2.75) is 51.1 Å². The van der Waals surface area contributed by atoms with E-state index in [1.165, 1.54) is 0 Å². The molecule has 1 atom stereocenters. The number of hydrogen-bond acceptors (Lipinski definition) is 2. The highest BCUT2D eigenvalue weighted by Gasteiger charge is 2.49. The van der Waals surface area contributed by atoms with Gasteiger partial charge >= 0.3 is 0 Å². The third-order valence-corrected chi connectivity index (χ3v) is 3.40. The smallest absolute Gasteiger partial charge is 0.246 e. The Hall–Kier alpha value is -1.06. The topological polar surface area (TPSA) is 49.4 Å². The lowest BCUT2D eigenvalue weighted by Gasteiger charge is -2.36. The maximum Gasteiger partial charge on any atom is 0.246 e. The molecule has 1 N–H and O–H groups in total. The van der Waals surface area contributed by atoms with E-state index < -0.39 is 0 Å². The molecule has 0 aromatic rings. The molecule has 1 saturated carbocycles. The fourth-order valence-electron chi connectivity index (χ4n) is 2.10. The van der Waals surface area contributed by atoms with Crippen LogP contribution in [0.25, 0.3) is 0 Å². The zero-order chi connectivity index (χ0) is 11.1. The summed E-state index contributed by atoms with van der Waals surface area (Å²) >= 11 is 0. The van der Waals surface area contributed by atoms with Crippen molar-refractivity contribution in [1.29, 1.82) is 0 Å². The Kier molecular flexibility index (Phi) is 2.44. The molecule has 2 aliphatic rings. The van der Waals surface area contributed by atoms with Gasteiger partial charge in [0.05, 0.1) is 0 Å². The first-order valence-corrected chi connectivity index (χ1v) is 5.68.